The molecule has 0 unspecified atom stereocenters. The van der Waals surface area contributed by atoms with Crippen LogP contribution in [0.3, 0.4) is 0 Å². The Bertz CT molecular complexity index is 218. The van der Waals surface area contributed by atoms with E-state index in [-0.39, 0.29) is 6.10 Å². The minimum atomic E-state index is -0.302. The number of hydrogen-bond donors (Lipinski definition) is 2. The van der Waals surface area contributed by atoms with Gasteiger partial charge in [0, 0.05) is 31.8 Å². The van der Waals surface area contributed by atoms with Crippen LogP contribution in [0.15, 0.2) is 0 Å². The molecular weight excluding hydrogens is 228 g/mol. The standard InChI is InChI=1S/C14H30N2O2/c1-11(2)16(4)9-14(17)8-15-12(3)13-6-5-7-18-10-13/h11-15,17H,5-10H2,1-4H3/t12-,13-,14-/m0/s1. The maximum atomic E-state index is 9.98. The summed E-state index contributed by atoms with van der Waals surface area (Å²) in [5.41, 5.74) is 0. The number of aliphatic hydroxyl groups excluding tert-OH is 1. The largest absolute Gasteiger partial charge is 0.390 e. The number of likely N-dealkylation sites (N-methyl/N-ethyl adjacent to an activating group) is 1. The topological polar surface area (TPSA) is 44.7 Å². The zero-order chi connectivity index (χ0) is 13.5. The number of ether oxygens (including phenoxy) is 1. The van der Waals surface area contributed by atoms with Gasteiger partial charge in [-0.05, 0) is 46.6 Å². The van der Waals surface area contributed by atoms with Crippen LogP contribution in [0.25, 0.3) is 0 Å². The summed E-state index contributed by atoms with van der Waals surface area (Å²) in [4.78, 5) is 2.17. The SMILES string of the molecule is CC(C)N(C)C[C@@H](O)CN[C@@H](C)[C@H]1CCCOC1. The Balaban J connectivity index is 2.18. The molecule has 1 aliphatic rings. The molecule has 3 atom stereocenters. The third-order valence-corrected chi connectivity index (χ3v) is 3.96. The number of rotatable bonds is 7. The maximum absolute atomic E-state index is 9.98. The van der Waals surface area contributed by atoms with Gasteiger partial charge >= 0.3 is 0 Å². The summed E-state index contributed by atoms with van der Waals surface area (Å²) in [6.07, 6.45) is 2.09. The lowest BCUT2D eigenvalue weighted by Crippen LogP contribution is -2.45. The van der Waals surface area contributed by atoms with E-state index in [4.69, 9.17) is 4.74 Å². The highest BCUT2D eigenvalue weighted by Crippen LogP contribution is 2.17. The minimum Gasteiger partial charge on any atom is -0.390 e. The lowest BCUT2D eigenvalue weighted by molar-refractivity contribution is 0.0380. The Morgan fingerprint density at radius 2 is 2.11 bits per heavy atom. The fourth-order valence-electron chi connectivity index (χ4n) is 2.26. The van der Waals surface area contributed by atoms with E-state index in [9.17, 15) is 5.11 Å². The first-order valence-corrected chi connectivity index (χ1v) is 7.20. The van der Waals surface area contributed by atoms with Gasteiger partial charge in [0.25, 0.3) is 0 Å². The molecule has 0 saturated carbocycles. The van der Waals surface area contributed by atoms with Crippen LogP contribution in [0.2, 0.25) is 0 Å². The molecule has 4 heteroatoms. The van der Waals surface area contributed by atoms with Crippen LogP contribution in [-0.4, -0.2) is 61.5 Å². The molecule has 1 fully saturated rings. The smallest absolute Gasteiger partial charge is 0.0791 e. The van der Waals surface area contributed by atoms with Crippen molar-refractivity contribution >= 4 is 0 Å². The van der Waals surface area contributed by atoms with E-state index in [0.717, 1.165) is 26.2 Å². The highest BCUT2D eigenvalue weighted by atomic mass is 16.5. The molecule has 2 N–H and O–H groups in total. The number of nitrogens with zero attached hydrogens (tertiary/aromatic N) is 1. The molecule has 0 radical (unpaired) electrons. The van der Waals surface area contributed by atoms with Crippen LogP contribution in [0.1, 0.15) is 33.6 Å². The summed E-state index contributed by atoms with van der Waals surface area (Å²) >= 11 is 0. The van der Waals surface area contributed by atoms with Crippen LogP contribution in [-0.2, 0) is 4.74 Å². The van der Waals surface area contributed by atoms with E-state index < -0.39 is 0 Å². The first kappa shape index (κ1) is 15.9. The highest BCUT2D eigenvalue weighted by Gasteiger charge is 2.21. The van der Waals surface area contributed by atoms with Crippen molar-refractivity contribution in [2.24, 2.45) is 5.92 Å². The van der Waals surface area contributed by atoms with Gasteiger partial charge in [-0.25, -0.2) is 0 Å². The van der Waals surface area contributed by atoms with Crippen molar-refractivity contribution in [1.82, 2.24) is 10.2 Å². The van der Waals surface area contributed by atoms with E-state index in [0.29, 0.717) is 24.5 Å². The third kappa shape index (κ3) is 5.65. The normalized spacial score (nSPS) is 24.5. The summed E-state index contributed by atoms with van der Waals surface area (Å²) in [5.74, 6) is 0.591. The summed E-state index contributed by atoms with van der Waals surface area (Å²) in [7, 11) is 2.05. The Labute approximate surface area is 112 Å². The van der Waals surface area contributed by atoms with Crippen LogP contribution in [0, 0.1) is 5.92 Å². The summed E-state index contributed by atoms with van der Waals surface area (Å²) in [6.45, 7) is 9.62. The maximum Gasteiger partial charge on any atom is 0.0791 e. The van der Waals surface area contributed by atoms with Crippen molar-refractivity contribution < 1.29 is 9.84 Å². The zero-order valence-corrected chi connectivity index (χ0v) is 12.4. The quantitative estimate of drug-likeness (QED) is 0.717. The lowest BCUT2D eigenvalue weighted by Gasteiger charge is -2.30. The van der Waals surface area contributed by atoms with E-state index in [1.807, 2.05) is 7.05 Å². The van der Waals surface area contributed by atoms with Crippen LogP contribution in [0.4, 0.5) is 0 Å². The molecule has 1 rings (SSSR count). The molecule has 4 nitrogen and oxygen atoms in total. The van der Waals surface area contributed by atoms with E-state index in [1.54, 1.807) is 0 Å². The summed E-state index contributed by atoms with van der Waals surface area (Å²) in [6, 6.07) is 0.896. The second-order valence-electron chi connectivity index (χ2n) is 5.86. The Hall–Kier alpha value is -0.160. The van der Waals surface area contributed by atoms with Gasteiger partial charge in [-0.3, -0.25) is 0 Å². The molecule has 0 aromatic carbocycles. The van der Waals surface area contributed by atoms with Gasteiger partial charge in [0.05, 0.1) is 12.7 Å². The van der Waals surface area contributed by atoms with Crippen LogP contribution >= 0.6 is 0 Å². The predicted octanol–water partition coefficient (Wildman–Crippen LogP) is 1.09. The van der Waals surface area contributed by atoms with Crippen molar-refractivity contribution in [3.63, 3.8) is 0 Å². The van der Waals surface area contributed by atoms with Gasteiger partial charge in [-0.2, -0.15) is 0 Å². The second-order valence-corrected chi connectivity index (χ2v) is 5.86. The van der Waals surface area contributed by atoms with Gasteiger partial charge < -0.3 is 20.1 Å². The summed E-state index contributed by atoms with van der Waals surface area (Å²) < 4.78 is 5.50. The van der Waals surface area contributed by atoms with Crippen molar-refractivity contribution in [3.05, 3.63) is 0 Å². The fourth-order valence-corrected chi connectivity index (χ4v) is 2.26. The lowest BCUT2D eigenvalue weighted by atomic mass is 9.95. The molecule has 108 valence electrons. The van der Waals surface area contributed by atoms with Gasteiger partial charge in [0.2, 0.25) is 0 Å². The molecule has 0 amide bonds. The van der Waals surface area contributed by atoms with Gasteiger partial charge in [0.15, 0.2) is 0 Å². The van der Waals surface area contributed by atoms with Crippen molar-refractivity contribution in [1.29, 1.82) is 0 Å². The Kier molecular flexibility index (Phi) is 7.15. The molecule has 0 spiro atoms. The predicted molar refractivity (Wildman–Crippen MR) is 74.8 cm³/mol. The first-order chi connectivity index (χ1) is 8.50. The average molecular weight is 258 g/mol. The van der Waals surface area contributed by atoms with Crippen LogP contribution < -0.4 is 5.32 Å². The molecule has 0 aliphatic carbocycles. The molecule has 0 bridgehead atoms. The minimum absolute atomic E-state index is 0.302. The van der Waals surface area contributed by atoms with E-state index in [1.165, 1.54) is 6.42 Å². The van der Waals surface area contributed by atoms with Gasteiger partial charge in [-0.1, -0.05) is 0 Å². The van der Waals surface area contributed by atoms with Crippen molar-refractivity contribution in [2.45, 2.75) is 51.8 Å². The number of hydrogen-bond acceptors (Lipinski definition) is 4. The molecule has 18 heavy (non-hydrogen) atoms. The first-order valence-electron chi connectivity index (χ1n) is 7.20. The average Bonchev–Trinajstić information content (AvgIpc) is 2.36. The molecular formula is C14H30N2O2. The van der Waals surface area contributed by atoms with E-state index >= 15 is 0 Å². The van der Waals surface area contributed by atoms with Gasteiger partial charge in [0.1, 0.15) is 0 Å². The fraction of sp³-hybridized carbons (Fsp3) is 1.00. The third-order valence-electron chi connectivity index (χ3n) is 3.96. The zero-order valence-electron chi connectivity index (χ0n) is 12.4. The molecule has 1 saturated heterocycles. The monoisotopic (exact) mass is 258 g/mol. The van der Waals surface area contributed by atoms with Crippen molar-refractivity contribution in [3.8, 4) is 0 Å². The van der Waals surface area contributed by atoms with E-state index in [2.05, 4.69) is 31.0 Å². The molecule has 1 aliphatic heterocycles. The second kappa shape index (κ2) is 8.10. The van der Waals surface area contributed by atoms with Crippen LogP contribution in [0.5, 0.6) is 0 Å². The number of nitrogens with one attached hydrogen (secondary N) is 1. The molecule has 0 aromatic heterocycles. The molecule has 1 heterocycles. The van der Waals surface area contributed by atoms with Gasteiger partial charge in [-0.15, -0.1) is 0 Å². The van der Waals surface area contributed by atoms with Crippen molar-refractivity contribution in [2.75, 3.05) is 33.4 Å². The Morgan fingerprint density at radius 3 is 2.67 bits per heavy atom. The highest BCUT2D eigenvalue weighted by molar-refractivity contribution is 4.76. The summed E-state index contributed by atoms with van der Waals surface area (Å²) in [5, 5.41) is 13.4. The Morgan fingerprint density at radius 1 is 1.39 bits per heavy atom. The molecule has 0 aromatic rings. The number of aliphatic hydroxyl groups is 1.